The van der Waals surface area contributed by atoms with Crippen LogP contribution in [0.3, 0.4) is 0 Å². The van der Waals surface area contributed by atoms with Gasteiger partial charge in [-0.15, -0.1) is 0 Å². The zero-order valence-corrected chi connectivity index (χ0v) is 18.1. The third kappa shape index (κ3) is 4.39. The molecule has 30 heavy (non-hydrogen) atoms. The molecule has 4 rings (SSSR count). The SMILES string of the molecule is Cc1cccc(C)c1[Si](Oc1ccccc1)(Oc1ccccc1)Oc1ccccc1. The largest absolute Gasteiger partial charge is 0.737 e. The molecule has 0 N–H and O–H groups in total. The van der Waals surface area contributed by atoms with E-state index in [9.17, 15) is 0 Å². The first kappa shape index (κ1) is 19.8. The van der Waals surface area contributed by atoms with Gasteiger partial charge in [0, 0.05) is 0 Å². The minimum Gasteiger partial charge on any atom is -0.480 e. The van der Waals surface area contributed by atoms with Gasteiger partial charge >= 0.3 is 8.80 Å². The molecule has 0 radical (unpaired) electrons. The van der Waals surface area contributed by atoms with Crippen LogP contribution < -0.4 is 18.5 Å². The molecule has 4 aromatic carbocycles. The summed E-state index contributed by atoms with van der Waals surface area (Å²) in [4.78, 5) is 0. The van der Waals surface area contributed by atoms with Crippen molar-refractivity contribution in [1.29, 1.82) is 0 Å². The molecule has 0 aromatic heterocycles. The monoisotopic (exact) mass is 412 g/mol. The third-order valence-electron chi connectivity index (χ3n) is 4.77. The van der Waals surface area contributed by atoms with Crippen molar-refractivity contribution in [2.24, 2.45) is 0 Å². The van der Waals surface area contributed by atoms with Crippen molar-refractivity contribution in [1.82, 2.24) is 0 Å². The van der Waals surface area contributed by atoms with Gasteiger partial charge in [0.2, 0.25) is 0 Å². The summed E-state index contributed by atoms with van der Waals surface area (Å²) in [5.74, 6) is 2.12. The molecular weight excluding hydrogens is 388 g/mol. The Hall–Kier alpha value is -3.50. The number of aryl methyl sites for hydroxylation is 2. The van der Waals surface area contributed by atoms with Crippen LogP contribution in [-0.2, 0) is 0 Å². The lowest BCUT2D eigenvalue weighted by Gasteiger charge is -2.32. The Balaban J connectivity index is 1.91. The molecule has 0 saturated heterocycles. The standard InChI is InChI=1S/C26H24O3Si/c1-21-13-12-14-22(2)26(21)30(27-23-15-6-3-7-16-23,28-24-17-8-4-9-18-24)29-25-19-10-5-11-20-25/h3-20H,1-2H3. The van der Waals surface area contributed by atoms with Gasteiger partial charge in [0.1, 0.15) is 17.2 Å². The second kappa shape index (κ2) is 8.89. The van der Waals surface area contributed by atoms with Gasteiger partial charge in [-0.05, 0) is 61.4 Å². The Bertz CT molecular complexity index is 961. The van der Waals surface area contributed by atoms with E-state index in [1.54, 1.807) is 0 Å². The lowest BCUT2D eigenvalue weighted by molar-refractivity contribution is 0.281. The van der Waals surface area contributed by atoms with Gasteiger partial charge in [-0.25, -0.2) is 0 Å². The Morgan fingerprint density at radius 2 is 0.767 bits per heavy atom. The molecule has 0 aliphatic carbocycles. The topological polar surface area (TPSA) is 27.7 Å². The fraction of sp³-hybridized carbons (Fsp3) is 0.0769. The molecule has 0 fully saturated rings. The van der Waals surface area contributed by atoms with Gasteiger partial charge in [0.15, 0.2) is 0 Å². The van der Waals surface area contributed by atoms with Crippen LogP contribution in [0.5, 0.6) is 17.2 Å². The molecule has 4 heteroatoms. The minimum absolute atomic E-state index is 0.707. The summed E-state index contributed by atoms with van der Waals surface area (Å²) >= 11 is 0. The number of hydrogen-bond donors (Lipinski definition) is 0. The molecular formula is C26H24O3Si. The molecule has 0 saturated carbocycles. The van der Waals surface area contributed by atoms with Crippen molar-refractivity contribution in [3.05, 3.63) is 120 Å². The molecule has 0 heterocycles. The lowest BCUT2D eigenvalue weighted by atomic mass is 10.2. The predicted molar refractivity (Wildman–Crippen MR) is 123 cm³/mol. The maximum absolute atomic E-state index is 6.65. The summed E-state index contributed by atoms with van der Waals surface area (Å²) in [6, 6.07) is 35.3. The number of benzene rings is 4. The number of para-hydroxylation sites is 3. The first-order valence-corrected chi connectivity index (χ1v) is 11.7. The maximum atomic E-state index is 6.65. The Labute approximate surface area is 178 Å². The Morgan fingerprint density at radius 3 is 1.10 bits per heavy atom. The van der Waals surface area contributed by atoms with E-state index in [0.717, 1.165) is 16.3 Å². The minimum atomic E-state index is -3.48. The predicted octanol–water partition coefficient (Wildman–Crippen LogP) is 5.69. The fourth-order valence-corrected chi connectivity index (χ4v) is 6.35. The van der Waals surface area contributed by atoms with Gasteiger partial charge in [-0.1, -0.05) is 72.8 Å². The quantitative estimate of drug-likeness (QED) is 0.365. The highest BCUT2D eigenvalue weighted by atomic mass is 28.4. The van der Waals surface area contributed by atoms with Crippen LogP contribution in [-0.4, -0.2) is 8.80 Å². The normalized spacial score (nSPS) is 11.0. The van der Waals surface area contributed by atoms with Crippen molar-refractivity contribution in [3.8, 4) is 17.2 Å². The van der Waals surface area contributed by atoms with E-state index in [-0.39, 0.29) is 0 Å². The van der Waals surface area contributed by atoms with Crippen molar-refractivity contribution in [2.45, 2.75) is 13.8 Å². The first-order valence-electron chi connectivity index (χ1n) is 9.95. The number of rotatable bonds is 7. The summed E-state index contributed by atoms with van der Waals surface area (Å²) in [7, 11) is -3.48. The summed E-state index contributed by atoms with van der Waals surface area (Å²) in [6.45, 7) is 4.14. The van der Waals surface area contributed by atoms with Crippen LogP contribution in [0.1, 0.15) is 11.1 Å². The van der Waals surface area contributed by atoms with Crippen molar-refractivity contribution in [2.75, 3.05) is 0 Å². The van der Waals surface area contributed by atoms with E-state index in [4.69, 9.17) is 13.3 Å². The molecule has 0 amide bonds. The molecule has 0 bridgehead atoms. The highest BCUT2D eigenvalue weighted by molar-refractivity contribution is 6.78. The smallest absolute Gasteiger partial charge is 0.480 e. The lowest BCUT2D eigenvalue weighted by Crippen LogP contribution is -2.66. The van der Waals surface area contributed by atoms with Crippen molar-refractivity contribution >= 4 is 14.0 Å². The molecule has 0 spiro atoms. The zero-order chi connectivity index (χ0) is 20.8. The van der Waals surface area contributed by atoms with E-state index in [1.165, 1.54) is 0 Å². The average molecular weight is 413 g/mol. The fourth-order valence-electron chi connectivity index (χ4n) is 3.44. The summed E-state index contributed by atoms with van der Waals surface area (Å²) < 4.78 is 20.0. The summed E-state index contributed by atoms with van der Waals surface area (Å²) in [5, 5.41) is 0.974. The van der Waals surface area contributed by atoms with Crippen LogP contribution in [0.2, 0.25) is 0 Å². The Kier molecular flexibility index (Phi) is 5.86. The molecule has 0 aliphatic rings. The molecule has 0 aliphatic heterocycles. The van der Waals surface area contributed by atoms with Crippen LogP contribution in [0.15, 0.2) is 109 Å². The molecule has 150 valence electrons. The van der Waals surface area contributed by atoms with Crippen molar-refractivity contribution < 1.29 is 13.3 Å². The van der Waals surface area contributed by atoms with Gasteiger partial charge in [-0.2, -0.15) is 0 Å². The summed E-state index contributed by atoms with van der Waals surface area (Å²) in [6.07, 6.45) is 0. The van der Waals surface area contributed by atoms with E-state index in [1.807, 2.05) is 97.1 Å². The molecule has 3 nitrogen and oxygen atoms in total. The average Bonchev–Trinajstić information content (AvgIpc) is 2.76. The van der Waals surface area contributed by atoms with Gasteiger partial charge in [0.05, 0.1) is 5.19 Å². The summed E-state index contributed by atoms with van der Waals surface area (Å²) in [5.41, 5.74) is 2.15. The highest BCUT2D eigenvalue weighted by Gasteiger charge is 2.54. The second-order valence-electron chi connectivity index (χ2n) is 7.07. The van der Waals surface area contributed by atoms with Crippen molar-refractivity contribution in [3.63, 3.8) is 0 Å². The highest BCUT2D eigenvalue weighted by Crippen LogP contribution is 2.25. The van der Waals surface area contributed by atoms with E-state index < -0.39 is 8.80 Å². The van der Waals surface area contributed by atoms with Crippen LogP contribution >= 0.6 is 0 Å². The van der Waals surface area contributed by atoms with Gasteiger partial charge in [0.25, 0.3) is 0 Å². The van der Waals surface area contributed by atoms with Gasteiger partial charge < -0.3 is 13.3 Å². The molecule has 0 atom stereocenters. The van der Waals surface area contributed by atoms with E-state index in [2.05, 4.69) is 26.0 Å². The van der Waals surface area contributed by atoms with Gasteiger partial charge in [-0.3, -0.25) is 0 Å². The van der Waals surface area contributed by atoms with E-state index in [0.29, 0.717) is 17.2 Å². The maximum Gasteiger partial charge on any atom is 0.737 e. The number of hydrogen-bond acceptors (Lipinski definition) is 3. The van der Waals surface area contributed by atoms with Crippen LogP contribution in [0, 0.1) is 13.8 Å². The van der Waals surface area contributed by atoms with Crippen LogP contribution in [0.4, 0.5) is 0 Å². The van der Waals surface area contributed by atoms with E-state index >= 15 is 0 Å². The first-order chi connectivity index (χ1) is 14.7. The molecule has 4 aromatic rings. The Morgan fingerprint density at radius 1 is 0.433 bits per heavy atom. The second-order valence-corrected chi connectivity index (χ2v) is 9.29. The zero-order valence-electron chi connectivity index (χ0n) is 17.1. The van der Waals surface area contributed by atoms with Crippen LogP contribution in [0.25, 0.3) is 0 Å². The third-order valence-corrected chi connectivity index (χ3v) is 7.69. The molecule has 0 unspecified atom stereocenters.